The first kappa shape index (κ1) is 25.1. The van der Waals surface area contributed by atoms with Crippen LogP contribution in [0.25, 0.3) is 0 Å². The summed E-state index contributed by atoms with van der Waals surface area (Å²) in [5.74, 6) is 0.702. The SMILES string of the molecule is CCCCCSc1nc(N)c(C(=O)Nc2cccc(OC)c2)cc1C(=O)Nc1ccccc1C. The highest BCUT2D eigenvalue weighted by Crippen LogP contribution is 2.28. The number of amides is 2. The van der Waals surface area contributed by atoms with E-state index in [1.807, 2.05) is 31.2 Å². The van der Waals surface area contributed by atoms with E-state index < -0.39 is 5.91 Å². The minimum absolute atomic E-state index is 0.0748. The summed E-state index contributed by atoms with van der Waals surface area (Å²) in [6.07, 6.45) is 3.19. The van der Waals surface area contributed by atoms with Gasteiger partial charge in [-0.25, -0.2) is 4.98 Å². The van der Waals surface area contributed by atoms with Crippen molar-refractivity contribution in [1.29, 1.82) is 0 Å². The van der Waals surface area contributed by atoms with Gasteiger partial charge >= 0.3 is 0 Å². The molecule has 3 aromatic rings. The summed E-state index contributed by atoms with van der Waals surface area (Å²) in [4.78, 5) is 30.7. The summed E-state index contributed by atoms with van der Waals surface area (Å²) < 4.78 is 5.21. The highest BCUT2D eigenvalue weighted by Gasteiger charge is 2.21. The second kappa shape index (κ2) is 12.1. The Morgan fingerprint density at radius 2 is 1.76 bits per heavy atom. The van der Waals surface area contributed by atoms with Gasteiger partial charge in [-0.05, 0) is 48.9 Å². The molecule has 34 heavy (non-hydrogen) atoms. The second-order valence-corrected chi connectivity index (χ2v) is 8.87. The first-order valence-corrected chi connectivity index (χ1v) is 12.2. The number of carbonyl (C=O) groups is 2. The third-order valence-corrected chi connectivity index (χ3v) is 6.29. The predicted molar refractivity (Wildman–Crippen MR) is 139 cm³/mol. The molecular formula is C26H30N4O3S. The molecule has 0 aliphatic carbocycles. The van der Waals surface area contributed by atoms with E-state index in [2.05, 4.69) is 22.5 Å². The fourth-order valence-electron chi connectivity index (χ4n) is 3.29. The maximum Gasteiger partial charge on any atom is 0.259 e. The molecule has 0 unspecified atom stereocenters. The fraction of sp³-hybridized carbons (Fsp3) is 0.269. The number of aryl methyl sites for hydroxylation is 1. The number of nitrogen functional groups attached to an aromatic ring is 1. The Bertz CT molecular complexity index is 1170. The molecule has 0 aliphatic heterocycles. The van der Waals surface area contributed by atoms with Crippen LogP contribution in [0.4, 0.5) is 17.2 Å². The van der Waals surface area contributed by atoms with Crippen molar-refractivity contribution < 1.29 is 14.3 Å². The van der Waals surface area contributed by atoms with Gasteiger partial charge in [-0.15, -0.1) is 11.8 Å². The zero-order chi connectivity index (χ0) is 24.5. The molecule has 0 saturated heterocycles. The third-order valence-electron chi connectivity index (χ3n) is 5.21. The van der Waals surface area contributed by atoms with Gasteiger partial charge < -0.3 is 21.1 Å². The average molecular weight is 479 g/mol. The Morgan fingerprint density at radius 1 is 1.00 bits per heavy atom. The van der Waals surface area contributed by atoms with Crippen LogP contribution >= 0.6 is 11.8 Å². The summed E-state index contributed by atoms with van der Waals surface area (Å²) in [6, 6.07) is 16.0. The molecule has 8 heteroatoms. The molecule has 4 N–H and O–H groups in total. The van der Waals surface area contributed by atoms with Crippen molar-refractivity contribution in [2.45, 2.75) is 38.1 Å². The van der Waals surface area contributed by atoms with Crippen molar-refractivity contribution in [1.82, 2.24) is 4.98 Å². The summed E-state index contributed by atoms with van der Waals surface area (Å²) in [6.45, 7) is 4.06. The molecule has 0 saturated carbocycles. The van der Waals surface area contributed by atoms with E-state index in [9.17, 15) is 9.59 Å². The van der Waals surface area contributed by atoms with Crippen molar-refractivity contribution in [2.24, 2.45) is 0 Å². The maximum atomic E-state index is 13.3. The third kappa shape index (κ3) is 6.51. The van der Waals surface area contributed by atoms with Crippen LogP contribution in [-0.4, -0.2) is 29.7 Å². The number of anilines is 3. The molecule has 0 radical (unpaired) electrons. The van der Waals surface area contributed by atoms with Gasteiger partial charge in [0, 0.05) is 17.4 Å². The highest BCUT2D eigenvalue weighted by molar-refractivity contribution is 7.99. The predicted octanol–water partition coefficient (Wildman–Crippen LogP) is 5.77. The van der Waals surface area contributed by atoms with Gasteiger partial charge in [0.05, 0.1) is 18.2 Å². The van der Waals surface area contributed by atoms with Crippen LogP contribution in [0.5, 0.6) is 5.75 Å². The number of para-hydroxylation sites is 1. The summed E-state index contributed by atoms with van der Waals surface area (Å²) in [5, 5.41) is 6.25. The Labute approximate surface area is 204 Å². The van der Waals surface area contributed by atoms with Crippen LogP contribution in [0.3, 0.4) is 0 Å². The lowest BCUT2D eigenvalue weighted by Gasteiger charge is -2.14. The largest absolute Gasteiger partial charge is 0.497 e. The molecule has 3 rings (SSSR count). The highest BCUT2D eigenvalue weighted by atomic mass is 32.2. The quantitative estimate of drug-likeness (QED) is 0.252. The number of methoxy groups -OCH3 is 1. The van der Waals surface area contributed by atoms with E-state index in [0.29, 0.717) is 27.7 Å². The van der Waals surface area contributed by atoms with Gasteiger partial charge in [0.2, 0.25) is 0 Å². The van der Waals surface area contributed by atoms with Gasteiger partial charge in [-0.2, -0.15) is 0 Å². The van der Waals surface area contributed by atoms with Gasteiger partial charge in [-0.1, -0.05) is 44.0 Å². The van der Waals surface area contributed by atoms with Crippen LogP contribution in [0.2, 0.25) is 0 Å². The van der Waals surface area contributed by atoms with Crippen molar-refractivity contribution in [2.75, 3.05) is 29.2 Å². The number of aromatic nitrogens is 1. The molecule has 178 valence electrons. The zero-order valence-electron chi connectivity index (χ0n) is 19.7. The number of unbranched alkanes of at least 4 members (excludes halogenated alkanes) is 2. The standard InChI is InChI=1S/C26H30N4O3S/c1-4-5-8-14-34-26-21(25(32)29-22-13-7-6-10-17(22)2)16-20(23(27)30-26)24(31)28-18-11-9-12-19(15-18)33-3/h6-7,9-13,15-16H,4-5,8,14H2,1-3H3,(H2,27,30)(H,28,31)(H,29,32). The van der Waals surface area contributed by atoms with Crippen LogP contribution in [0.1, 0.15) is 52.5 Å². The Kier molecular flexibility index (Phi) is 8.93. The topological polar surface area (TPSA) is 106 Å². The van der Waals surface area contributed by atoms with E-state index in [0.717, 1.165) is 30.6 Å². The fourth-order valence-corrected chi connectivity index (χ4v) is 4.30. The number of ether oxygens (including phenoxy) is 1. The number of hydrogen-bond acceptors (Lipinski definition) is 6. The van der Waals surface area contributed by atoms with Gasteiger partial charge in [-0.3, -0.25) is 9.59 Å². The first-order valence-electron chi connectivity index (χ1n) is 11.2. The van der Waals surface area contributed by atoms with E-state index in [-0.39, 0.29) is 17.3 Å². The number of hydrogen-bond donors (Lipinski definition) is 3. The zero-order valence-corrected chi connectivity index (χ0v) is 20.5. The smallest absolute Gasteiger partial charge is 0.259 e. The molecule has 1 heterocycles. The van der Waals surface area contributed by atoms with E-state index in [1.165, 1.54) is 17.8 Å². The lowest BCUT2D eigenvalue weighted by Crippen LogP contribution is -2.20. The van der Waals surface area contributed by atoms with Gasteiger partial charge in [0.15, 0.2) is 0 Å². The lowest BCUT2D eigenvalue weighted by molar-refractivity contribution is 0.102. The summed E-state index contributed by atoms with van der Waals surface area (Å²) in [5.41, 5.74) is 8.80. The number of benzene rings is 2. The first-order chi connectivity index (χ1) is 16.4. The normalized spacial score (nSPS) is 10.6. The molecular weight excluding hydrogens is 448 g/mol. The number of nitrogens with one attached hydrogen (secondary N) is 2. The number of carbonyl (C=O) groups excluding carboxylic acids is 2. The van der Waals surface area contributed by atoms with Crippen molar-refractivity contribution in [3.63, 3.8) is 0 Å². The molecule has 0 spiro atoms. The molecule has 0 bridgehead atoms. The summed E-state index contributed by atoms with van der Waals surface area (Å²) >= 11 is 1.47. The van der Waals surface area contributed by atoms with Crippen molar-refractivity contribution >= 4 is 40.8 Å². The van der Waals surface area contributed by atoms with E-state index in [4.69, 9.17) is 10.5 Å². The minimum atomic E-state index is -0.453. The van der Waals surface area contributed by atoms with Gasteiger partial charge in [0.25, 0.3) is 11.8 Å². The molecule has 0 fully saturated rings. The number of nitrogens with zero attached hydrogens (tertiary/aromatic N) is 1. The molecule has 2 amide bonds. The molecule has 0 atom stereocenters. The Balaban J connectivity index is 1.91. The number of rotatable bonds is 10. The van der Waals surface area contributed by atoms with Crippen LogP contribution in [0.15, 0.2) is 59.6 Å². The summed E-state index contributed by atoms with van der Waals surface area (Å²) in [7, 11) is 1.55. The van der Waals surface area contributed by atoms with Gasteiger partial charge in [0.1, 0.15) is 16.6 Å². The number of pyridine rings is 1. The lowest BCUT2D eigenvalue weighted by atomic mass is 10.1. The number of thioether (sulfide) groups is 1. The van der Waals surface area contributed by atoms with Crippen LogP contribution < -0.4 is 21.1 Å². The van der Waals surface area contributed by atoms with Crippen LogP contribution in [-0.2, 0) is 0 Å². The Hall–Kier alpha value is -3.52. The molecule has 7 nitrogen and oxygen atoms in total. The van der Waals surface area contributed by atoms with Crippen LogP contribution in [0, 0.1) is 6.92 Å². The average Bonchev–Trinajstić information content (AvgIpc) is 2.83. The molecule has 1 aromatic heterocycles. The monoisotopic (exact) mass is 478 g/mol. The van der Waals surface area contributed by atoms with E-state index in [1.54, 1.807) is 31.4 Å². The van der Waals surface area contributed by atoms with Crippen molar-refractivity contribution in [3.05, 3.63) is 71.3 Å². The number of nitrogens with two attached hydrogens (primary N) is 1. The maximum absolute atomic E-state index is 13.3. The second-order valence-electron chi connectivity index (χ2n) is 7.78. The van der Waals surface area contributed by atoms with Crippen molar-refractivity contribution in [3.8, 4) is 5.75 Å². The molecule has 2 aromatic carbocycles. The van der Waals surface area contributed by atoms with E-state index >= 15 is 0 Å². The Morgan fingerprint density at radius 3 is 2.50 bits per heavy atom. The minimum Gasteiger partial charge on any atom is -0.497 e. The molecule has 0 aliphatic rings.